The lowest BCUT2D eigenvalue weighted by molar-refractivity contribution is 0.0469. The van der Waals surface area contributed by atoms with Crippen molar-refractivity contribution < 1.29 is 14.3 Å². The largest absolute Gasteiger partial charge is 0.452 e. The summed E-state index contributed by atoms with van der Waals surface area (Å²) in [6.07, 6.45) is 2.92. The lowest BCUT2D eigenvalue weighted by atomic mass is 9.86. The molecule has 31 heavy (non-hydrogen) atoms. The number of thiazole rings is 1. The first-order chi connectivity index (χ1) is 14.8. The number of esters is 1. The fourth-order valence-electron chi connectivity index (χ4n) is 3.06. The number of hydrogen-bond acceptors (Lipinski definition) is 7. The minimum absolute atomic E-state index is 0.00292. The van der Waals surface area contributed by atoms with Crippen LogP contribution in [-0.4, -0.2) is 33.3 Å². The summed E-state index contributed by atoms with van der Waals surface area (Å²) >= 11 is 1.42. The lowest BCUT2D eigenvalue weighted by Crippen LogP contribution is -2.17. The van der Waals surface area contributed by atoms with Gasteiger partial charge in [0.2, 0.25) is 0 Å². The monoisotopic (exact) mass is 431 g/mol. The number of para-hydroxylation sites is 1. The number of aromatic nitrogens is 3. The molecule has 0 fully saturated rings. The summed E-state index contributed by atoms with van der Waals surface area (Å²) < 4.78 is 6.25. The summed E-state index contributed by atoms with van der Waals surface area (Å²) in [5.74, 6) is -0.985. The van der Waals surface area contributed by atoms with Gasteiger partial charge in [-0.3, -0.25) is 4.79 Å². The van der Waals surface area contributed by atoms with E-state index in [4.69, 9.17) is 4.74 Å². The van der Waals surface area contributed by atoms with Gasteiger partial charge in [0.1, 0.15) is 10.7 Å². The Bertz CT molecular complexity index is 1220. The molecule has 4 aromatic rings. The van der Waals surface area contributed by atoms with Crippen LogP contribution < -0.4 is 0 Å². The normalized spacial score (nSPS) is 11.5. The van der Waals surface area contributed by atoms with Crippen LogP contribution in [0, 0.1) is 0 Å². The number of hydrogen-bond donors (Lipinski definition) is 0. The van der Waals surface area contributed by atoms with Crippen molar-refractivity contribution in [3.05, 3.63) is 77.7 Å². The molecule has 2 aromatic carbocycles. The van der Waals surface area contributed by atoms with Gasteiger partial charge < -0.3 is 4.74 Å². The number of fused-ring (bicyclic) bond motifs is 1. The van der Waals surface area contributed by atoms with Crippen LogP contribution in [0.5, 0.6) is 0 Å². The van der Waals surface area contributed by atoms with E-state index in [1.165, 1.54) is 23.7 Å². The van der Waals surface area contributed by atoms with E-state index in [2.05, 4.69) is 35.7 Å². The zero-order chi connectivity index (χ0) is 22.0. The Labute approximate surface area is 184 Å². The molecule has 0 bridgehead atoms. The predicted molar refractivity (Wildman–Crippen MR) is 120 cm³/mol. The second-order valence-corrected chi connectivity index (χ2v) is 9.10. The first kappa shape index (κ1) is 20.8. The van der Waals surface area contributed by atoms with Crippen molar-refractivity contribution in [2.75, 3.05) is 6.61 Å². The standard InChI is InChI=1S/C24H21N3O3S/c1-24(2,3)16-10-8-15(9-11-16)18(28)14-30-23(29)21-20(25-12-13-26-21)22-27-17-6-4-5-7-19(17)31-22/h4-13H,14H2,1-3H3. The maximum atomic E-state index is 12.7. The van der Waals surface area contributed by atoms with Gasteiger partial charge in [0, 0.05) is 18.0 Å². The maximum absolute atomic E-state index is 12.7. The molecule has 7 heteroatoms. The van der Waals surface area contributed by atoms with E-state index in [1.54, 1.807) is 12.1 Å². The molecule has 0 aliphatic carbocycles. The van der Waals surface area contributed by atoms with Gasteiger partial charge in [-0.25, -0.2) is 19.7 Å². The van der Waals surface area contributed by atoms with Gasteiger partial charge in [-0.15, -0.1) is 11.3 Å². The number of ketones is 1. The molecule has 2 aromatic heterocycles. The van der Waals surface area contributed by atoms with Crippen LogP contribution in [0.25, 0.3) is 20.9 Å². The molecule has 156 valence electrons. The highest BCUT2D eigenvalue weighted by Crippen LogP contribution is 2.30. The first-order valence-electron chi connectivity index (χ1n) is 9.81. The van der Waals surface area contributed by atoms with Crippen molar-refractivity contribution >= 4 is 33.3 Å². The van der Waals surface area contributed by atoms with Gasteiger partial charge in [0.05, 0.1) is 10.2 Å². The first-order valence-corrected chi connectivity index (χ1v) is 10.6. The van der Waals surface area contributed by atoms with E-state index >= 15 is 0 Å². The molecule has 0 atom stereocenters. The molecule has 0 amide bonds. The molecule has 0 aliphatic rings. The van der Waals surface area contributed by atoms with Crippen LogP contribution in [0.2, 0.25) is 0 Å². The average molecular weight is 432 g/mol. The van der Waals surface area contributed by atoms with E-state index < -0.39 is 5.97 Å². The summed E-state index contributed by atoms with van der Waals surface area (Å²) in [7, 11) is 0. The van der Waals surface area contributed by atoms with Crippen LogP contribution in [0.15, 0.2) is 60.9 Å². The molecule has 4 rings (SSSR count). The molecule has 2 heterocycles. The third-order valence-corrected chi connectivity index (χ3v) is 5.84. The average Bonchev–Trinajstić information content (AvgIpc) is 3.21. The number of carbonyl (C=O) groups is 2. The summed E-state index contributed by atoms with van der Waals surface area (Å²) in [5.41, 5.74) is 2.82. The summed E-state index contributed by atoms with van der Waals surface area (Å²) in [5, 5.41) is 0.574. The second-order valence-electron chi connectivity index (χ2n) is 8.07. The van der Waals surface area contributed by atoms with Crippen LogP contribution in [-0.2, 0) is 10.2 Å². The molecular weight excluding hydrogens is 410 g/mol. The summed E-state index contributed by atoms with van der Waals surface area (Å²) in [4.78, 5) is 38.1. The minimum Gasteiger partial charge on any atom is -0.452 e. The predicted octanol–water partition coefficient (Wildman–Crippen LogP) is 5.09. The Kier molecular flexibility index (Phi) is 5.61. The van der Waals surface area contributed by atoms with Gasteiger partial charge in [0.15, 0.2) is 18.1 Å². The molecule has 0 saturated heterocycles. The zero-order valence-corrected chi connectivity index (χ0v) is 18.3. The number of ether oxygens (including phenoxy) is 1. The van der Waals surface area contributed by atoms with E-state index in [0.29, 0.717) is 16.3 Å². The van der Waals surface area contributed by atoms with Crippen molar-refractivity contribution in [1.29, 1.82) is 0 Å². The van der Waals surface area contributed by atoms with Crippen molar-refractivity contribution in [2.45, 2.75) is 26.2 Å². The van der Waals surface area contributed by atoms with Crippen molar-refractivity contribution in [2.24, 2.45) is 0 Å². The summed E-state index contributed by atoms with van der Waals surface area (Å²) in [6, 6.07) is 15.0. The van der Waals surface area contributed by atoms with Crippen molar-refractivity contribution in [3.63, 3.8) is 0 Å². The van der Waals surface area contributed by atoms with E-state index in [-0.39, 0.29) is 23.5 Å². The fraction of sp³-hybridized carbons (Fsp3) is 0.208. The van der Waals surface area contributed by atoms with Gasteiger partial charge >= 0.3 is 5.97 Å². The number of nitrogens with zero attached hydrogens (tertiary/aromatic N) is 3. The Morgan fingerprint density at radius 3 is 2.39 bits per heavy atom. The lowest BCUT2D eigenvalue weighted by Gasteiger charge is -2.18. The van der Waals surface area contributed by atoms with Crippen LogP contribution in [0.1, 0.15) is 47.2 Å². The third-order valence-electron chi connectivity index (χ3n) is 4.80. The Morgan fingerprint density at radius 2 is 1.68 bits per heavy atom. The number of rotatable bonds is 5. The van der Waals surface area contributed by atoms with Gasteiger partial charge in [-0.2, -0.15) is 0 Å². The molecule has 0 unspecified atom stereocenters. The SMILES string of the molecule is CC(C)(C)c1ccc(C(=O)COC(=O)c2nccnc2-c2nc3ccccc3s2)cc1. The molecule has 0 radical (unpaired) electrons. The fourth-order valence-corrected chi connectivity index (χ4v) is 4.02. The quantitative estimate of drug-likeness (QED) is 0.323. The molecular formula is C24H21N3O3S. The topological polar surface area (TPSA) is 82.0 Å². The highest BCUT2D eigenvalue weighted by Gasteiger charge is 2.21. The molecule has 0 spiro atoms. The van der Waals surface area contributed by atoms with Crippen molar-refractivity contribution in [1.82, 2.24) is 15.0 Å². The zero-order valence-electron chi connectivity index (χ0n) is 17.5. The molecule has 6 nitrogen and oxygen atoms in total. The van der Waals surface area contributed by atoms with E-state index in [1.807, 2.05) is 36.4 Å². The van der Waals surface area contributed by atoms with Crippen LogP contribution in [0.3, 0.4) is 0 Å². The van der Waals surface area contributed by atoms with E-state index in [0.717, 1.165) is 15.8 Å². The molecule has 0 N–H and O–H groups in total. The van der Waals surface area contributed by atoms with Crippen molar-refractivity contribution in [3.8, 4) is 10.7 Å². The third kappa shape index (κ3) is 4.51. The molecule has 0 saturated carbocycles. The Morgan fingerprint density at radius 1 is 0.968 bits per heavy atom. The van der Waals surface area contributed by atoms with Gasteiger partial charge in [-0.1, -0.05) is 57.2 Å². The van der Waals surface area contributed by atoms with E-state index in [9.17, 15) is 9.59 Å². The van der Waals surface area contributed by atoms with Gasteiger partial charge in [0.25, 0.3) is 0 Å². The minimum atomic E-state index is -0.706. The highest BCUT2D eigenvalue weighted by atomic mass is 32.1. The number of benzene rings is 2. The van der Waals surface area contributed by atoms with Crippen LogP contribution in [0.4, 0.5) is 0 Å². The maximum Gasteiger partial charge on any atom is 0.359 e. The van der Waals surface area contributed by atoms with Gasteiger partial charge in [-0.05, 0) is 23.1 Å². The smallest absolute Gasteiger partial charge is 0.359 e. The Balaban J connectivity index is 1.50. The number of Topliss-reactive ketones (excluding diaryl/α,β-unsaturated/α-hetero) is 1. The van der Waals surface area contributed by atoms with Crippen LogP contribution >= 0.6 is 11.3 Å². The summed E-state index contributed by atoms with van der Waals surface area (Å²) in [6.45, 7) is 5.95. The highest BCUT2D eigenvalue weighted by molar-refractivity contribution is 7.21. The molecule has 0 aliphatic heterocycles. The Hall–Kier alpha value is -3.45. The number of carbonyl (C=O) groups excluding carboxylic acids is 2. The second kappa shape index (κ2) is 8.35.